The highest BCUT2D eigenvalue weighted by Crippen LogP contribution is 2.41. The molecular formula is C17H19N3O3S. The molecule has 0 spiro atoms. The minimum absolute atomic E-state index is 0.142. The molecule has 0 amide bonds. The summed E-state index contributed by atoms with van der Waals surface area (Å²) < 4.78 is 5.25. The number of rotatable bonds is 3. The monoisotopic (exact) mass is 345 g/mol. The SMILES string of the molecule is COc1cc(C(C)(C)C)cc(-c2nc(SC)[nH]c(=O)c2C#N)c1O. The van der Waals surface area contributed by atoms with Crippen LogP contribution in [-0.2, 0) is 5.41 Å². The van der Waals surface area contributed by atoms with Crippen LogP contribution < -0.4 is 10.3 Å². The number of nitrogens with one attached hydrogen (secondary N) is 1. The number of hydrogen-bond donors (Lipinski definition) is 2. The highest BCUT2D eigenvalue weighted by Gasteiger charge is 2.23. The number of benzene rings is 1. The Morgan fingerprint density at radius 3 is 2.54 bits per heavy atom. The van der Waals surface area contributed by atoms with Gasteiger partial charge < -0.3 is 14.8 Å². The molecule has 0 unspecified atom stereocenters. The minimum Gasteiger partial charge on any atom is -0.504 e. The number of ether oxygens (including phenoxy) is 1. The maximum atomic E-state index is 12.1. The number of phenols is 1. The van der Waals surface area contributed by atoms with Gasteiger partial charge in [-0.15, -0.1) is 0 Å². The van der Waals surface area contributed by atoms with Crippen molar-refractivity contribution in [2.75, 3.05) is 13.4 Å². The third kappa shape index (κ3) is 3.24. The van der Waals surface area contributed by atoms with Gasteiger partial charge in [-0.1, -0.05) is 32.5 Å². The smallest absolute Gasteiger partial charge is 0.270 e. The molecular weight excluding hydrogens is 326 g/mol. The molecule has 2 rings (SSSR count). The van der Waals surface area contributed by atoms with E-state index in [0.717, 1.165) is 5.56 Å². The molecule has 0 aliphatic rings. The van der Waals surface area contributed by atoms with Crippen LogP contribution in [0.5, 0.6) is 11.5 Å². The van der Waals surface area contributed by atoms with Crippen molar-refractivity contribution in [3.63, 3.8) is 0 Å². The predicted octanol–water partition coefficient (Wildman–Crippen LogP) is 3.04. The van der Waals surface area contributed by atoms with Crippen molar-refractivity contribution in [2.45, 2.75) is 31.3 Å². The minimum atomic E-state index is -0.536. The summed E-state index contributed by atoms with van der Waals surface area (Å²) >= 11 is 1.25. The number of methoxy groups -OCH3 is 1. The van der Waals surface area contributed by atoms with Crippen molar-refractivity contribution in [2.24, 2.45) is 0 Å². The van der Waals surface area contributed by atoms with Gasteiger partial charge in [0.25, 0.3) is 5.56 Å². The molecule has 0 atom stereocenters. The molecule has 1 aromatic carbocycles. The summed E-state index contributed by atoms with van der Waals surface area (Å²) in [6.45, 7) is 6.06. The largest absolute Gasteiger partial charge is 0.504 e. The second kappa shape index (κ2) is 6.57. The molecule has 0 radical (unpaired) electrons. The van der Waals surface area contributed by atoms with E-state index >= 15 is 0 Å². The number of thioether (sulfide) groups is 1. The van der Waals surface area contributed by atoms with E-state index < -0.39 is 5.56 Å². The van der Waals surface area contributed by atoms with Gasteiger partial charge in [0.05, 0.1) is 7.11 Å². The van der Waals surface area contributed by atoms with Crippen LogP contribution in [0.3, 0.4) is 0 Å². The summed E-state index contributed by atoms with van der Waals surface area (Å²) in [6, 6.07) is 5.35. The van der Waals surface area contributed by atoms with E-state index in [0.29, 0.717) is 10.7 Å². The van der Waals surface area contributed by atoms with Gasteiger partial charge >= 0.3 is 0 Å². The Hall–Kier alpha value is -2.46. The summed E-state index contributed by atoms with van der Waals surface area (Å²) in [7, 11) is 1.45. The molecule has 0 fully saturated rings. The van der Waals surface area contributed by atoms with Crippen LogP contribution in [-0.4, -0.2) is 28.4 Å². The number of aromatic hydroxyl groups is 1. The first-order chi connectivity index (χ1) is 11.2. The number of H-pyrrole nitrogens is 1. The highest BCUT2D eigenvalue weighted by atomic mass is 32.2. The number of nitriles is 1. The lowest BCUT2D eigenvalue weighted by Crippen LogP contribution is -2.15. The molecule has 2 aromatic rings. The van der Waals surface area contributed by atoms with E-state index in [1.807, 2.05) is 26.8 Å². The Morgan fingerprint density at radius 1 is 1.38 bits per heavy atom. The molecule has 1 heterocycles. The number of aromatic amines is 1. The normalized spacial score (nSPS) is 11.2. The molecule has 0 aliphatic carbocycles. The lowest BCUT2D eigenvalue weighted by atomic mass is 9.85. The fourth-order valence-electron chi connectivity index (χ4n) is 2.22. The summed E-state index contributed by atoms with van der Waals surface area (Å²) in [4.78, 5) is 19.0. The van der Waals surface area contributed by atoms with E-state index in [4.69, 9.17) is 4.74 Å². The summed E-state index contributed by atoms with van der Waals surface area (Å²) in [5, 5.41) is 20.2. The predicted molar refractivity (Wildman–Crippen MR) is 93.7 cm³/mol. The number of nitrogens with zero attached hydrogens (tertiary/aromatic N) is 2. The Bertz CT molecular complexity index is 876. The third-order valence-corrected chi connectivity index (χ3v) is 4.20. The Labute approximate surface area is 144 Å². The van der Waals surface area contributed by atoms with E-state index in [1.165, 1.54) is 18.9 Å². The first-order valence-electron chi connectivity index (χ1n) is 7.23. The van der Waals surface area contributed by atoms with E-state index in [-0.39, 0.29) is 28.2 Å². The van der Waals surface area contributed by atoms with Gasteiger partial charge in [0.15, 0.2) is 16.7 Å². The number of hydrogen-bond acceptors (Lipinski definition) is 6. The van der Waals surface area contributed by atoms with Gasteiger partial charge in [0, 0.05) is 5.56 Å². The van der Waals surface area contributed by atoms with Crippen molar-refractivity contribution < 1.29 is 9.84 Å². The van der Waals surface area contributed by atoms with E-state index in [2.05, 4.69) is 9.97 Å². The zero-order valence-electron chi connectivity index (χ0n) is 14.2. The van der Waals surface area contributed by atoms with Crippen molar-refractivity contribution >= 4 is 11.8 Å². The van der Waals surface area contributed by atoms with Crippen molar-refractivity contribution in [3.05, 3.63) is 33.6 Å². The Kier molecular flexibility index (Phi) is 4.90. The van der Waals surface area contributed by atoms with E-state index in [9.17, 15) is 15.2 Å². The Morgan fingerprint density at radius 2 is 2.04 bits per heavy atom. The zero-order chi connectivity index (χ0) is 18.1. The second-order valence-corrected chi connectivity index (χ2v) is 7.03. The van der Waals surface area contributed by atoms with Crippen LogP contribution in [0.2, 0.25) is 0 Å². The number of phenolic OH excluding ortho intramolecular Hbond substituents is 1. The van der Waals surface area contributed by atoms with Gasteiger partial charge in [0.2, 0.25) is 0 Å². The van der Waals surface area contributed by atoms with Gasteiger partial charge in [-0.05, 0) is 29.4 Å². The topological polar surface area (TPSA) is 99.0 Å². The molecule has 24 heavy (non-hydrogen) atoms. The fourth-order valence-corrected chi connectivity index (χ4v) is 2.60. The van der Waals surface area contributed by atoms with Crippen molar-refractivity contribution in [1.29, 1.82) is 5.26 Å². The fraction of sp³-hybridized carbons (Fsp3) is 0.353. The summed E-state index contributed by atoms with van der Waals surface area (Å²) in [5.41, 5.74) is 0.447. The van der Waals surface area contributed by atoms with Gasteiger partial charge in [-0.3, -0.25) is 4.79 Å². The lowest BCUT2D eigenvalue weighted by Gasteiger charge is -2.22. The molecule has 6 nitrogen and oxygen atoms in total. The van der Waals surface area contributed by atoms with Crippen LogP contribution in [0.25, 0.3) is 11.3 Å². The lowest BCUT2D eigenvalue weighted by molar-refractivity contribution is 0.372. The van der Waals surface area contributed by atoms with Crippen LogP contribution >= 0.6 is 11.8 Å². The molecule has 2 N–H and O–H groups in total. The third-order valence-electron chi connectivity index (χ3n) is 3.62. The Balaban J connectivity index is 2.89. The quantitative estimate of drug-likeness (QED) is 0.655. The number of aromatic nitrogens is 2. The van der Waals surface area contributed by atoms with Gasteiger partial charge in [-0.25, -0.2) is 4.98 Å². The van der Waals surface area contributed by atoms with Crippen molar-refractivity contribution in [3.8, 4) is 28.8 Å². The van der Waals surface area contributed by atoms with Crippen LogP contribution in [0.15, 0.2) is 22.1 Å². The van der Waals surface area contributed by atoms with Crippen LogP contribution in [0, 0.1) is 11.3 Å². The van der Waals surface area contributed by atoms with Gasteiger partial charge in [-0.2, -0.15) is 5.26 Å². The average Bonchev–Trinajstić information content (AvgIpc) is 2.53. The van der Waals surface area contributed by atoms with Gasteiger partial charge in [0.1, 0.15) is 17.3 Å². The zero-order valence-corrected chi connectivity index (χ0v) is 15.0. The molecule has 126 valence electrons. The summed E-state index contributed by atoms with van der Waals surface area (Å²) in [6.07, 6.45) is 1.76. The van der Waals surface area contributed by atoms with Crippen LogP contribution in [0.1, 0.15) is 31.9 Å². The molecule has 0 aliphatic heterocycles. The average molecular weight is 345 g/mol. The highest BCUT2D eigenvalue weighted by molar-refractivity contribution is 7.98. The standard InChI is InChI=1S/C17H19N3O3S/c1-17(2,3)9-6-10(14(21)12(7-9)23-4)13-11(8-18)15(22)20-16(19-13)24-5/h6-7,21H,1-5H3,(H,19,20,22). The molecule has 1 aromatic heterocycles. The maximum absolute atomic E-state index is 12.1. The molecule has 0 saturated carbocycles. The first-order valence-corrected chi connectivity index (χ1v) is 8.45. The molecule has 0 bridgehead atoms. The van der Waals surface area contributed by atoms with Crippen molar-refractivity contribution in [1.82, 2.24) is 9.97 Å². The molecule has 7 heteroatoms. The van der Waals surface area contributed by atoms with Crippen LogP contribution in [0.4, 0.5) is 0 Å². The van der Waals surface area contributed by atoms with E-state index in [1.54, 1.807) is 18.4 Å². The maximum Gasteiger partial charge on any atom is 0.270 e. The summed E-state index contributed by atoms with van der Waals surface area (Å²) in [5.74, 6) is 0.126. The molecule has 0 saturated heterocycles. The first kappa shape index (κ1) is 17.9. The second-order valence-electron chi connectivity index (χ2n) is 6.24.